The summed E-state index contributed by atoms with van der Waals surface area (Å²) < 4.78 is 5.10. The van der Waals surface area contributed by atoms with Crippen LogP contribution in [-0.2, 0) is 9.53 Å². The summed E-state index contributed by atoms with van der Waals surface area (Å²) in [5, 5.41) is 3.61. The van der Waals surface area contributed by atoms with Crippen LogP contribution < -0.4 is 16.7 Å². The molecule has 2 rings (SSSR count). The van der Waals surface area contributed by atoms with Crippen molar-refractivity contribution in [1.29, 1.82) is 0 Å². The quantitative estimate of drug-likeness (QED) is 0.351. The molecule has 0 spiro atoms. The molecule has 1 heterocycles. The molecule has 0 saturated carbocycles. The van der Waals surface area contributed by atoms with Crippen LogP contribution in [0.3, 0.4) is 0 Å². The van der Waals surface area contributed by atoms with Crippen molar-refractivity contribution in [3.63, 3.8) is 0 Å². The highest BCUT2D eigenvalue weighted by Crippen LogP contribution is 2.22. The molecular formula is C10H12N4O2. The second kappa shape index (κ2) is 4.19. The summed E-state index contributed by atoms with van der Waals surface area (Å²) in [6.07, 6.45) is -0.529. The molecule has 84 valence electrons. The van der Waals surface area contributed by atoms with Crippen molar-refractivity contribution in [1.82, 2.24) is 10.9 Å². The van der Waals surface area contributed by atoms with Crippen LogP contribution in [0, 0.1) is 0 Å². The molecule has 0 amide bonds. The number of nitrogens with one attached hydrogen (secondary N) is 2. The van der Waals surface area contributed by atoms with E-state index in [-0.39, 0.29) is 5.97 Å². The Morgan fingerprint density at radius 1 is 1.50 bits per heavy atom. The number of hydrazine groups is 1. The van der Waals surface area contributed by atoms with Gasteiger partial charge in [0, 0.05) is 18.1 Å². The summed E-state index contributed by atoms with van der Waals surface area (Å²) in [6.45, 7) is 1.36. The Balaban J connectivity index is 2.39. The molecular weight excluding hydrogens is 208 g/mol. The van der Waals surface area contributed by atoms with Crippen LogP contribution in [0.15, 0.2) is 29.4 Å². The average molecular weight is 220 g/mol. The van der Waals surface area contributed by atoms with Crippen LogP contribution in [0.5, 0.6) is 0 Å². The zero-order valence-corrected chi connectivity index (χ0v) is 8.73. The van der Waals surface area contributed by atoms with Gasteiger partial charge in [-0.25, -0.2) is 0 Å². The van der Waals surface area contributed by atoms with E-state index in [9.17, 15) is 4.79 Å². The minimum Gasteiger partial charge on any atom is -0.441 e. The third-order valence-corrected chi connectivity index (χ3v) is 2.23. The minimum absolute atomic E-state index is 0.359. The Kier molecular flexibility index (Phi) is 2.74. The molecule has 1 unspecified atom stereocenters. The number of hydrogen-bond acceptors (Lipinski definition) is 5. The van der Waals surface area contributed by atoms with Gasteiger partial charge in [-0.15, -0.1) is 0 Å². The van der Waals surface area contributed by atoms with Crippen LogP contribution in [0.25, 0.3) is 0 Å². The van der Waals surface area contributed by atoms with E-state index >= 15 is 0 Å². The number of ether oxygens (including phenoxy) is 1. The first kappa shape index (κ1) is 10.4. The van der Waals surface area contributed by atoms with E-state index in [2.05, 4.69) is 16.0 Å². The monoisotopic (exact) mass is 220 g/mol. The SMILES string of the molecule is CC(=O)OC1NNC(=NN)c2ccccc21. The van der Waals surface area contributed by atoms with Crippen LogP contribution >= 0.6 is 0 Å². The van der Waals surface area contributed by atoms with Crippen molar-refractivity contribution in [3.8, 4) is 0 Å². The van der Waals surface area contributed by atoms with E-state index in [4.69, 9.17) is 10.6 Å². The van der Waals surface area contributed by atoms with Gasteiger partial charge >= 0.3 is 5.97 Å². The van der Waals surface area contributed by atoms with Crippen LogP contribution in [0.2, 0.25) is 0 Å². The number of esters is 1. The van der Waals surface area contributed by atoms with Gasteiger partial charge in [-0.2, -0.15) is 10.5 Å². The molecule has 0 saturated heterocycles. The molecule has 6 heteroatoms. The van der Waals surface area contributed by atoms with Crippen LogP contribution in [-0.4, -0.2) is 11.8 Å². The lowest BCUT2D eigenvalue weighted by Crippen LogP contribution is -2.47. The summed E-state index contributed by atoms with van der Waals surface area (Å²) >= 11 is 0. The van der Waals surface area contributed by atoms with Crippen molar-refractivity contribution in [2.75, 3.05) is 0 Å². The lowest BCUT2D eigenvalue weighted by atomic mass is 10.0. The zero-order valence-electron chi connectivity index (χ0n) is 8.73. The fourth-order valence-electron chi connectivity index (χ4n) is 1.58. The number of rotatable bonds is 1. The van der Waals surface area contributed by atoms with E-state index in [0.717, 1.165) is 11.1 Å². The maximum Gasteiger partial charge on any atom is 0.304 e. The second-order valence-corrected chi connectivity index (χ2v) is 3.32. The number of benzene rings is 1. The van der Waals surface area contributed by atoms with Crippen molar-refractivity contribution in [2.45, 2.75) is 13.2 Å². The maximum absolute atomic E-state index is 10.9. The molecule has 1 aromatic rings. The third kappa shape index (κ3) is 1.82. The second-order valence-electron chi connectivity index (χ2n) is 3.32. The van der Waals surface area contributed by atoms with Crippen molar-refractivity contribution >= 4 is 11.8 Å². The average Bonchev–Trinajstić information content (AvgIpc) is 2.29. The van der Waals surface area contributed by atoms with Gasteiger partial charge in [-0.05, 0) is 0 Å². The Morgan fingerprint density at radius 3 is 2.94 bits per heavy atom. The van der Waals surface area contributed by atoms with Crippen molar-refractivity contribution < 1.29 is 9.53 Å². The minimum atomic E-state index is -0.529. The third-order valence-electron chi connectivity index (χ3n) is 2.23. The molecule has 1 atom stereocenters. The first-order valence-electron chi connectivity index (χ1n) is 4.78. The van der Waals surface area contributed by atoms with Crippen molar-refractivity contribution in [2.24, 2.45) is 10.9 Å². The smallest absolute Gasteiger partial charge is 0.304 e. The molecule has 6 nitrogen and oxygen atoms in total. The fourth-order valence-corrected chi connectivity index (χ4v) is 1.58. The number of carbonyl (C=O) groups is 1. The standard InChI is InChI=1S/C10H12N4O2/c1-6(15)16-10-8-5-3-2-4-7(8)9(12-11)13-14-10/h2-5,10,14H,11H2,1H3,(H,12,13). The predicted molar refractivity (Wildman–Crippen MR) is 57.9 cm³/mol. The molecule has 0 aromatic heterocycles. The Hall–Kier alpha value is -2.08. The highest BCUT2D eigenvalue weighted by molar-refractivity contribution is 6.00. The number of amidine groups is 1. The maximum atomic E-state index is 10.9. The number of nitrogens with zero attached hydrogens (tertiary/aromatic N) is 1. The van der Waals surface area contributed by atoms with Gasteiger partial charge in [-0.3, -0.25) is 4.79 Å². The molecule has 0 aliphatic carbocycles. The van der Waals surface area contributed by atoms with Gasteiger partial charge < -0.3 is 16.0 Å². The lowest BCUT2D eigenvalue weighted by Gasteiger charge is -2.27. The number of nitrogens with two attached hydrogens (primary N) is 1. The fraction of sp³-hybridized carbons (Fsp3) is 0.200. The summed E-state index contributed by atoms with van der Waals surface area (Å²) in [5.74, 6) is 5.40. The van der Waals surface area contributed by atoms with E-state index in [1.165, 1.54) is 6.92 Å². The number of fused-ring (bicyclic) bond motifs is 1. The molecule has 0 fully saturated rings. The molecule has 4 N–H and O–H groups in total. The lowest BCUT2D eigenvalue weighted by molar-refractivity contribution is -0.149. The molecule has 1 aromatic carbocycles. The zero-order chi connectivity index (χ0) is 11.5. The van der Waals surface area contributed by atoms with Gasteiger partial charge in [0.15, 0.2) is 12.1 Å². The summed E-state index contributed by atoms with van der Waals surface area (Å²) in [6, 6.07) is 7.42. The largest absolute Gasteiger partial charge is 0.441 e. The van der Waals surface area contributed by atoms with E-state index in [1.807, 2.05) is 24.3 Å². The molecule has 16 heavy (non-hydrogen) atoms. The van der Waals surface area contributed by atoms with Gasteiger partial charge in [0.25, 0.3) is 0 Å². The highest BCUT2D eigenvalue weighted by atomic mass is 16.6. The van der Waals surface area contributed by atoms with Gasteiger partial charge in [-0.1, -0.05) is 24.3 Å². The first-order chi connectivity index (χ1) is 7.72. The van der Waals surface area contributed by atoms with Gasteiger partial charge in [0.2, 0.25) is 0 Å². The summed E-state index contributed by atoms with van der Waals surface area (Å²) in [7, 11) is 0. The normalized spacial score (nSPS) is 21.1. The Labute approximate surface area is 92.4 Å². The van der Waals surface area contributed by atoms with E-state index in [1.54, 1.807) is 0 Å². The van der Waals surface area contributed by atoms with Crippen LogP contribution in [0.1, 0.15) is 24.3 Å². The number of carbonyl (C=O) groups excluding carboxylic acids is 1. The molecule has 0 radical (unpaired) electrons. The Bertz CT molecular complexity index is 444. The Morgan fingerprint density at radius 2 is 2.25 bits per heavy atom. The molecule has 0 bridgehead atoms. The first-order valence-corrected chi connectivity index (χ1v) is 4.78. The van der Waals surface area contributed by atoms with E-state index < -0.39 is 6.23 Å². The number of hydrazone groups is 1. The number of hydrogen-bond donors (Lipinski definition) is 3. The molecule has 1 aliphatic heterocycles. The van der Waals surface area contributed by atoms with Gasteiger partial charge in [0.1, 0.15) is 0 Å². The van der Waals surface area contributed by atoms with Crippen molar-refractivity contribution in [3.05, 3.63) is 35.4 Å². The predicted octanol–water partition coefficient (Wildman–Crippen LogP) is -0.0236. The topological polar surface area (TPSA) is 88.7 Å². The summed E-state index contributed by atoms with van der Waals surface area (Å²) in [4.78, 5) is 10.9. The van der Waals surface area contributed by atoms with Gasteiger partial charge in [0.05, 0.1) is 0 Å². The highest BCUT2D eigenvalue weighted by Gasteiger charge is 2.25. The van der Waals surface area contributed by atoms with Crippen LogP contribution in [0.4, 0.5) is 0 Å². The molecule has 1 aliphatic rings. The summed E-state index contributed by atoms with van der Waals surface area (Å²) in [5.41, 5.74) is 7.22. The van der Waals surface area contributed by atoms with E-state index in [0.29, 0.717) is 5.84 Å².